The molecule has 2 aromatic carbocycles. The Hall–Kier alpha value is -2.71. The first-order valence-corrected chi connectivity index (χ1v) is 10.2. The van der Waals surface area contributed by atoms with Crippen molar-refractivity contribution in [1.82, 2.24) is 4.98 Å². The van der Waals surface area contributed by atoms with E-state index in [2.05, 4.69) is 10.3 Å². The van der Waals surface area contributed by atoms with Gasteiger partial charge in [0.1, 0.15) is 11.6 Å². The summed E-state index contributed by atoms with van der Waals surface area (Å²) in [7, 11) is 1.54. The fraction of sp³-hybridized carbons (Fsp3) is 0.150. The monoisotopic (exact) mass is 416 g/mol. The first-order valence-electron chi connectivity index (χ1n) is 8.34. The van der Waals surface area contributed by atoms with E-state index in [4.69, 9.17) is 4.74 Å². The number of methoxy groups -OCH3 is 1. The molecule has 0 spiro atoms. The van der Waals surface area contributed by atoms with Crippen LogP contribution in [0.3, 0.4) is 0 Å². The number of carbonyl (C=O) groups is 2. The zero-order valence-electron chi connectivity index (χ0n) is 15.0. The highest BCUT2D eigenvalue weighted by Crippen LogP contribution is 2.25. The minimum Gasteiger partial charge on any atom is -0.495 e. The lowest BCUT2D eigenvalue weighted by molar-refractivity contribution is -0.115. The Morgan fingerprint density at radius 2 is 1.93 bits per heavy atom. The molecule has 5 nitrogen and oxygen atoms in total. The highest BCUT2D eigenvalue weighted by molar-refractivity contribution is 8.01. The number of nitrogens with one attached hydrogen (secondary N) is 1. The van der Waals surface area contributed by atoms with E-state index < -0.39 is 0 Å². The van der Waals surface area contributed by atoms with Crippen molar-refractivity contribution in [2.45, 2.75) is 10.8 Å². The van der Waals surface area contributed by atoms with Crippen LogP contribution in [0.25, 0.3) is 0 Å². The Balaban J connectivity index is 1.53. The summed E-state index contributed by atoms with van der Waals surface area (Å²) in [6.07, 6.45) is 0.126. The molecule has 0 atom stereocenters. The van der Waals surface area contributed by atoms with Crippen molar-refractivity contribution in [2.24, 2.45) is 0 Å². The molecule has 3 aromatic rings. The van der Waals surface area contributed by atoms with Gasteiger partial charge in [-0.2, -0.15) is 0 Å². The second-order valence-corrected chi connectivity index (χ2v) is 7.83. The van der Waals surface area contributed by atoms with Gasteiger partial charge in [-0.3, -0.25) is 9.59 Å². The number of rotatable bonds is 8. The maximum Gasteiger partial charge on any atom is 0.230 e. The van der Waals surface area contributed by atoms with E-state index in [-0.39, 0.29) is 29.7 Å². The van der Waals surface area contributed by atoms with Crippen LogP contribution in [0, 0.1) is 5.82 Å². The molecule has 0 saturated carbocycles. The van der Waals surface area contributed by atoms with Gasteiger partial charge in [-0.05, 0) is 36.4 Å². The van der Waals surface area contributed by atoms with Crippen molar-refractivity contribution in [3.05, 3.63) is 71.0 Å². The number of aromatic nitrogens is 1. The molecule has 0 fully saturated rings. The lowest BCUT2D eigenvalue weighted by atomic mass is 10.1. The summed E-state index contributed by atoms with van der Waals surface area (Å²) in [5.74, 6) is 0.112. The van der Waals surface area contributed by atoms with Crippen LogP contribution in [0.2, 0.25) is 0 Å². The predicted octanol–water partition coefficient (Wildman–Crippen LogP) is 4.45. The van der Waals surface area contributed by atoms with Gasteiger partial charge in [0, 0.05) is 10.9 Å². The molecule has 0 radical (unpaired) electrons. The third kappa shape index (κ3) is 5.40. The predicted molar refractivity (Wildman–Crippen MR) is 109 cm³/mol. The average Bonchev–Trinajstić information content (AvgIpc) is 3.14. The number of ether oxygens (including phenoxy) is 1. The highest BCUT2D eigenvalue weighted by Gasteiger charge is 2.12. The number of hydrogen-bond donors (Lipinski definition) is 1. The van der Waals surface area contributed by atoms with Crippen LogP contribution in [0.5, 0.6) is 5.75 Å². The van der Waals surface area contributed by atoms with Crippen molar-refractivity contribution >= 4 is 40.5 Å². The van der Waals surface area contributed by atoms with E-state index in [0.717, 1.165) is 0 Å². The minimum atomic E-state index is -0.375. The average molecular weight is 416 g/mol. The molecular weight excluding hydrogens is 399 g/mol. The molecule has 8 heteroatoms. The molecule has 1 aromatic heterocycles. The van der Waals surface area contributed by atoms with E-state index in [9.17, 15) is 14.0 Å². The zero-order valence-corrected chi connectivity index (χ0v) is 16.6. The van der Waals surface area contributed by atoms with Crippen LogP contribution in [0.1, 0.15) is 16.1 Å². The van der Waals surface area contributed by atoms with Crippen molar-refractivity contribution < 1.29 is 18.7 Å². The van der Waals surface area contributed by atoms with Gasteiger partial charge in [0.05, 0.1) is 30.7 Å². The third-order valence-corrected chi connectivity index (χ3v) is 5.82. The molecule has 0 unspecified atom stereocenters. The molecule has 0 aliphatic heterocycles. The van der Waals surface area contributed by atoms with E-state index >= 15 is 0 Å². The fourth-order valence-corrected chi connectivity index (χ4v) is 4.13. The largest absolute Gasteiger partial charge is 0.495 e. The van der Waals surface area contributed by atoms with Crippen LogP contribution >= 0.6 is 23.1 Å². The van der Waals surface area contributed by atoms with Crippen molar-refractivity contribution in [3.8, 4) is 5.75 Å². The van der Waals surface area contributed by atoms with Crippen LogP contribution in [-0.2, 0) is 11.2 Å². The summed E-state index contributed by atoms with van der Waals surface area (Å²) in [6.45, 7) is 0. The minimum absolute atomic E-state index is 0.101. The van der Waals surface area contributed by atoms with Gasteiger partial charge in [-0.25, -0.2) is 9.37 Å². The van der Waals surface area contributed by atoms with Gasteiger partial charge in [0.2, 0.25) is 5.91 Å². The standard InChI is InChI=1S/C20H17FN2O3S2/c1-26-18-5-3-2-4-16(18)23-19(25)10-15-11-27-20(22-15)28-12-17(24)13-6-8-14(21)9-7-13/h2-9,11H,10,12H2,1H3,(H,23,25). The normalized spacial score (nSPS) is 10.5. The number of nitrogens with zero attached hydrogens (tertiary/aromatic N) is 1. The first-order chi connectivity index (χ1) is 13.5. The summed E-state index contributed by atoms with van der Waals surface area (Å²) < 4.78 is 18.8. The summed E-state index contributed by atoms with van der Waals surface area (Å²) in [6, 6.07) is 12.6. The number of Topliss-reactive ketones (excluding diaryl/α,β-unsaturated/α-hetero) is 1. The Morgan fingerprint density at radius 1 is 1.18 bits per heavy atom. The molecule has 0 bridgehead atoms. The Bertz CT molecular complexity index is 974. The molecule has 1 amide bonds. The SMILES string of the molecule is COc1ccccc1NC(=O)Cc1csc(SCC(=O)c2ccc(F)cc2)n1. The molecule has 0 aliphatic rings. The highest BCUT2D eigenvalue weighted by atomic mass is 32.2. The second-order valence-electron chi connectivity index (χ2n) is 5.75. The van der Waals surface area contributed by atoms with E-state index in [1.807, 2.05) is 12.1 Å². The Labute approximate surface area is 170 Å². The van der Waals surface area contributed by atoms with Crippen LogP contribution in [0.4, 0.5) is 10.1 Å². The van der Waals surface area contributed by atoms with Gasteiger partial charge in [0.25, 0.3) is 0 Å². The second kappa shape index (κ2) is 9.48. The number of anilines is 1. The Kier molecular flexibility index (Phi) is 6.78. The van der Waals surface area contributed by atoms with Gasteiger partial charge in [-0.1, -0.05) is 23.9 Å². The number of hydrogen-bond acceptors (Lipinski definition) is 6. The summed E-state index contributed by atoms with van der Waals surface area (Å²) in [5.41, 5.74) is 1.70. The van der Waals surface area contributed by atoms with Gasteiger partial charge >= 0.3 is 0 Å². The summed E-state index contributed by atoms with van der Waals surface area (Å²) in [4.78, 5) is 28.8. The number of thiazole rings is 1. The molecule has 3 rings (SSSR count). The van der Waals surface area contributed by atoms with E-state index in [1.54, 1.807) is 24.6 Å². The van der Waals surface area contributed by atoms with Crippen molar-refractivity contribution in [3.63, 3.8) is 0 Å². The molecule has 1 N–H and O–H groups in total. The number of halogens is 1. The van der Waals surface area contributed by atoms with Gasteiger partial charge in [0.15, 0.2) is 10.1 Å². The number of benzene rings is 2. The van der Waals surface area contributed by atoms with Crippen LogP contribution in [-0.4, -0.2) is 29.5 Å². The maximum atomic E-state index is 12.9. The molecule has 0 aliphatic carbocycles. The Morgan fingerprint density at radius 3 is 2.68 bits per heavy atom. The lowest BCUT2D eigenvalue weighted by Crippen LogP contribution is -2.15. The van der Waals surface area contributed by atoms with Crippen LogP contribution < -0.4 is 10.1 Å². The van der Waals surface area contributed by atoms with Gasteiger partial charge < -0.3 is 10.1 Å². The zero-order chi connectivity index (χ0) is 19.9. The molecule has 0 saturated heterocycles. The van der Waals surface area contributed by atoms with Crippen LogP contribution in [0.15, 0.2) is 58.3 Å². The molecule has 144 valence electrons. The molecule has 28 heavy (non-hydrogen) atoms. The molecule has 1 heterocycles. The fourth-order valence-electron chi connectivity index (χ4n) is 2.39. The summed E-state index contributed by atoms with van der Waals surface area (Å²) in [5, 5.41) is 4.60. The number of carbonyl (C=O) groups excluding carboxylic acids is 2. The maximum absolute atomic E-state index is 12.9. The number of thioether (sulfide) groups is 1. The quantitative estimate of drug-likeness (QED) is 0.434. The topological polar surface area (TPSA) is 68.3 Å². The van der Waals surface area contributed by atoms with Crippen molar-refractivity contribution in [2.75, 3.05) is 18.2 Å². The number of ketones is 1. The van der Waals surface area contributed by atoms with Crippen molar-refractivity contribution in [1.29, 1.82) is 0 Å². The number of para-hydroxylation sites is 2. The van der Waals surface area contributed by atoms with Gasteiger partial charge in [-0.15, -0.1) is 11.3 Å². The van der Waals surface area contributed by atoms with E-state index in [1.165, 1.54) is 47.4 Å². The first kappa shape index (κ1) is 20.0. The van der Waals surface area contributed by atoms with E-state index in [0.29, 0.717) is 27.0 Å². The lowest BCUT2D eigenvalue weighted by Gasteiger charge is -2.08. The third-order valence-electron chi connectivity index (χ3n) is 3.75. The number of amides is 1. The summed E-state index contributed by atoms with van der Waals surface area (Å²) >= 11 is 2.68. The smallest absolute Gasteiger partial charge is 0.230 e. The molecular formula is C20H17FN2O3S2.